The van der Waals surface area contributed by atoms with Gasteiger partial charge in [0.1, 0.15) is 0 Å². The van der Waals surface area contributed by atoms with Gasteiger partial charge in [0, 0.05) is 31.5 Å². The van der Waals surface area contributed by atoms with Crippen LogP contribution in [0.15, 0.2) is 18.2 Å². The Morgan fingerprint density at radius 2 is 2.06 bits per heavy atom. The molecule has 2 fully saturated rings. The number of amides is 1. The maximum Gasteiger partial charge on any atom is 0.241 e. The van der Waals surface area contributed by atoms with Gasteiger partial charge in [-0.2, -0.15) is 0 Å². The average molecular weight is 245 g/mol. The molecule has 1 heterocycles. The fourth-order valence-electron chi connectivity index (χ4n) is 2.49. The van der Waals surface area contributed by atoms with Crippen LogP contribution in [-0.4, -0.2) is 37.5 Å². The van der Waals surface area contributed by atoms with Crippen LogP contribution >= 0.6 is 0 Å². The van der Waals surface area contributed by atoms with E-state index < -0.39 is 0 Å². The second-order valence-corrected chi connectivity index (χ2v) is 5.32. The minimum absolute atomic E-state index is 0.186. The molecule has 0 aromatic heterocycles. The molecule has 1 saturated heterocycles. The third-order valence-corrected chi connectivity index (χ3v) is 3.91. The van der Waals surface area contributed by atoms with Crippen molar-refractivity contribution in [3.63, 3.8) is 0 Å². The van der Waals surface area contributed by atoms with E-state index in [4.69, 9.17) is 5.73 Å². The Balaban J connectivity index is 1.83. The van der Waals surface area contributed by atoms with Crippen LogP contribution in [-0.2, 0) is 4.79 Å². The number of nitrogen functional groups attached to an aromatic ring is 1. The minimum Gasteiger partial charge on any atom is -0.398 e. The Hall–Kier alpha value is -1.71. The maximum absolute atomic E-state index is 11.7. The van der Waals surface area contributed by atoms with Crippen molar-refractivity contribution in [1.29, 1.82) is 0 Å². The van der Waals surface area contributed by atoms with Gasteiger partial charge in [-0.1, -0.05) is 0 Å². The summed E-state index contributed by atoms with van der Waals surface area (Å²) in [5.74, 6) is 0.833. The van der Waals surface area contributed by atoms with Gasteiger partial charge in [-0.05, 0) is 42.5 Å². The van der Waals surface area contributed by atoms with E-state index in [1.807, 2.05) is 19.2 Å². The Bertz CT molecular complexity index is 482. The second kappa shape index (κ2) is 4.19. The topological polar surface area (TPSA) is 49.6 Å². The van der Waals surface area contributed by atoms with Crippen LogP contribution in [0.3, 0.4) is 0 Å². The molecule has 2 aliphatic rings. The summed E-state index contributed by atoms with van der Waals surface area (Å²) in [6, 6.07) is 6.18. The molecule has 0 spiro atoms. The van der Waals surface area contributed by atoms with Crippen molar-refractivity contribution >= 4 is 17.3 Å². The first-order valence-corrected chi connectivity index (χ1v) is 6.53. The normalized spacial score (nSPS) is 20.4. The Morgan fingerprint density at radius 3 is 2.72 bits per heavy atom. The van der Waals surface area contributed by atoms with Gasteiger partial charge < -0.3 is 15.5 Å². The van der Waals surface area contributed by atoms with E-state index in [2.05, 4.69) is 11.0 Å². The van der Waals surface area contributed by atoms with Crippen LogP contribution in [0.1, 0.15) is 24.3 Å². The summed E-state index contributed by atoms with van der Waals surface area (Å²) in [5.41, 5.74) is 9.30. The molecule has 96 valence electrons. The van der Waals surface area contributed by atoms with Crippen molar-refractivity contribution in [2.75, 3.05) is 37.3 Å². The van der Waals surface area contributed by atoms with E-state index in [-0.39, 0.29) is 5.91 Å². The monoisotopic (exact) mass is 245 g/mol. The molecule has 0 unspecified atom stereocenters. The number of piperazine rings is 1. The predicted molar refractivity (Wildman–Crippen MR) is 72.7 cm³/mol. The van der Waals surface area contributed by atoms with Gasteiger partial charge in [0.05, 0.1) is 6.54 Å². The molecular formula is C14H19N3O. The van der Waals surface area contributed by atoms with Gasteiger partial charge in [0.2, 0.25) is 5.91 Å². The standard InChI is InChI=1S/C14H19N3O/c1-16-6-7-17(9-14(16)18)11-4-5-13(15)12(8-11)10-2-3-10/h4-5,8,10H,2-3,6-7,9,15H2,1H3. The number of carbonyl (C=O) groups excluding carboxylic acids is 1. The molecule has 2 N–H and O–H groups in total. The van der Waals surface area contributed by atoms with Crippen molar-refractivity contribution in [3.8, 4) is 0 Å². The predicted octanol–water partition coefficient (Wildman–Crippen LogP) is 1.42. The minimum atomic E-state index is 0.186. The molecule has 0 bridgehead atoms. The van der Waals surface area contributed by atoms with E-state index in [1.54, 1.807) is 4.90 Å². The number of likely N-dealkylation sites (N-methyl/N-ethyl adjacent to an activating group) is 1. The fourth-order valence-corrected chi connectivity index (χ4v) is 2.49. The van der Waals surface area contributed by atoms with Crippen molar-refractivity contribution in [2.45, 2.75) is 18.8 Å². The van der Waals surface area contributed by atoms with Crippen molar-refractivity contribution in [2.24, 2.45) is 0 Å². The zero-order valence-corrected chi connectivity index (χ0v) is 10.7. The van der Waals surface area contributed by atoms with Gasteiger partial charge in [-0.3, -0.25) is 4.79 Å². The highest BCUT2D eigenvalue weighted by atomic mass is 16.2. The second-order valence-electron chi connectivity index (χ2n) is 5.32. The lowest BCUT2D eigenvalue weighted by molar-refractivity contribution is -0.129. The maximum atomic E-state index is 11.7. The third-order valence-electron chi connectivity index (χ3n) is 3.91. The zero-order chi connectivity index (χ0) is 12.7. The quantitative estimate of drug-likeness (QED) is 0.802. The average Bonchev–Trinajstić information content (AvgIpc) is 3.18. The largest absolute Gasteiger partial charge is 0.398 e. The molecule has 1 aliphatic heterocycles. The zero-order valence-electron chi connectivity index (χ0n) is 10.7. The first-order valence-electron chi connectivity index (χ1n) is 6.53. The van der Waals surface area contributed by atoms with Crippen molar-refractivity contribution in [1.82, 2.24) is 4.90 Å². The smallest absolute Gasteiger partial charge is 0.241 e. The molecule has 1 saturated carbocycles. The lowest BCUT2D eigenvalue weighted by Gasteiger charge is -2.33. The number of nitrogens with zero attached hydrogens (tertiary/aromatic N) is 2. The first-order chi connectivity index (χ1) is 8.65. The van der Waals surface area contributed by atoms with Crippen LogP contribution in [0.25, 0.3) is 0 Å². The molecule has 4 heteroatoms. The molecule has 4 nitrogen and oxygen atoms in total. The Kier molecular flexibility index (Phi) is 2.65. The number of nitrogens with two attached hydrogens (primary N) is 1. The lowest BCUT2D eigenvalue weighted by Crippen LogP contribution is -2.48. The summed E-state index contributed by atoms with van der Waals surface area (Å²) in [5, 5.41) is 0. The van der Waals surface area contributed by atoms with Crippen molar-refractivity contribution in [3.05, 3.63) is 23.8 Å². The van der Waals surface area contributed by atoms with Gasteiger partial charge in [-0.15, -0.1) is 0 Å². The Morgan fingerprint density at radius 1 is 1.28 bits per heavy atom. The SMILES string of the molecule is CN1CCN(c2ccc(N)c(C3CC3)c2)CC1=O. The first kappa shape index (κ1) is 11.4. The molecule has 1 aromatic carbocycles. The fraction of sp³-hybridized carbons (Fsp3) is 0.500. The molecule has 3 rings (SSSR count). The number of hydrogen-bond acceptors (Lipinski definition) is 3. The van der Waals surface area contributed by atoms with Gasteiger partial charge in [0.25, 0.3) is 0 Å². The molecule has 1 aliphatic carbocycles. The summed E-state index contributed by atoms with van der Waals surface area (Å²) in [7, 11) is 1.86. The number of rotatable bonds is 2. The number of carbonyl (C=O) groups is 1. The number of anilines is 2. The van der Waals surface area contributed by atoms with Crippen LogP contribution in [0.4, 0.5) is 11.4 Å². The number of hydrogen-bond donors (Lipinski definition) is 1. The Labute approximate surface area is 107 Å². The molecular weight excluding hydrogens is 226 g/mol. The van der Waals surface area contributed by atoms with E-state index in [0.717, 1.165) is 24.5 Å². The molecule has 1 aromatic rings. The van der Waals surface area contributed by atoms with E-state index in [1.165, 1.54) is 18.4 Å². The van der Waals surface area contributed by atoms with Crippen molar-refractivity contribution < 1.29 is 4.79 Å². The highest BCUT2D eigenvalue weighted by molar-refractivity contribution is 5.82. The summed E-state index contributed by atoms with van der Waals surface area (Å²) in [4.78, 5) is 15.7. The van der Waals surface area contributed by atoms with E-state index in [9.17, 15) is 4.79 Å². The van der Waals surface area contributed by atoms with Crippen LogP contribution in [0.2, 0.25) is 0 Å². The third kappa shape index (κ3) is 2.03. The lowest BCUT2D eigenvalue weighted by atomic mass is 10.1. The van der Waals surface area contributed by atoms with Gasteiger partial charge in [0.15, 0.2) is 0 Å². The van der Waals surface area contributed by atoms with Crippen LogP contribution in [0, 0.1) is 0 Å². The summed E-state index contributed by atoms with van der Waals surface area (Å²) in [6.45, 7) is 2.17. The molecule has 0 atom stereocenters. The highest BCUT2D eigenvalue weighted by Crippen LogP contribution is 2.43. The summed E-state index contributed by atoms with van der Waals surface area (Å²) < 4.78 is 0. The van der Waals surface area contributed by atoms with Crippen LogP contribution in [0.5, 0.6) is 0 Å². The molecule has 0 radical (unpaired) electrons. The summed E-state index contributed by atoms with van der Waals surface area (Å²) >= 11 is 0. The van der Waals surface area contributed by atoms with Crippen LogP contribution < -0.4 is 10.6 Å². The highest BCUT2D eigenvalue weighted by Gasteiger charge is 2.27. The van der Waals surface area contributed by atoms with Gasteiger partial charge in [-0.25, -0.2) is 0 Å². The van der Waals surface area contributed by atoms with E-state index in [0.29, 0.717) is 12.5 Å². The van der Waals surface area contributed by atoms with Gasteiger partial charge >= 0.3 is 0 Å². The van der Waals surface area contributed by atoms with E-state index >= 15 is 0 Å². The molecule has 1 amide bonds. The number of benzene rings is 1. The molecule has 18 heavy (non-hydrogen) atoms. The summed E-state index contributed by atoms with van der Waals surface area (Å²) in [6.07, 6.45) is 2.49.